The Labute approximate surface area is 127 Å². The van der Waals surface area contributed by atoms with Gasteiger partial charge >= 0.3 is 0 Å². The SMILES string of the molecule is CCn1nc(C)c(Br)c1CC(N)c1ccc(C)cc1F. The Morgan fingerprint density at radius 2 is 2.10 bits per heavy atom. The predicted octanol–water partition coefficient (Wildman–Crippen LogP) is 3.66. The van der Waals surface area contributed by atoms with Gasteiger partial charge in [0.15, 0.2) is 0 Å². The number of benzene rings is 1. The number of rotatable bonds is 4. The van der Waals surface area contributed by atoms with Gasteiger partial charge in [-0.3, -0.25) is 4.68 Å². The Morgan fingerprint density at radius 1 is 1.40 bits per heavy atom. The van der Waals surface area contributed by atoms with Gasteiger partial charge in [0.05, 0.1) is 15.9 Å². The predicted molar refractivity (Wildman–Crippen MR) is 82.1 cm³/mol. The number of aromatic nitrogens is 2. The molecule has 1 aromatic carbocycles. The van der Waals surface area contributed by atoms with Gasteiger partial charge in [-0.2, -0.15) is 5.10 Å². The van der Waals surface area contributed by atoms with Crippen LogP contribution in [0.5, 0.6) is 0 Å². The number of halogens is 2. The molecule has 0 aliphatic carbocycles. The van der Waals surface area contributed by atoms with Gasteiger partial charge in [0.2, 0.25) is 0 Å². The maximum Gasteiger partial charge on any atom is 0.128 e. The summed E-state index contributed by atoms with van der Waals surface area (Å²) in [7, 11) is 0. The zero-order chi connectivity index (χ0) is 14.9. The fraction of sp³-hybridized carbons (Fsp3) is 0.400. The Bertz CT molecular complexity index is 622. The van der Waals surface area contributed by atoms with Crippen molar-refractivity contribution in [2.45, 2.75) is 39.8 Å². The molecule has 1 unspecified atom stereocenters. The summed E-state index contributed by atoms with van der Waals surface area (Å²) in [6.07, 6.45) is 0.551. The maximum atomic E-state index is 14.0. The average Bonchev–Trinajstić information content (AvgIpc) is 2.66. The second-order valence-corrected chi connectivity index (χ2v) is 5.79. The molecule has 20 heavy (non-hydrogen) atoms. The molecule has 2 aromatic rings. The summed E-state index contributed by atoms with van der Waals surface area (Å²) in [6.45, 7) is 6.60. The highest BCUT2D eigenvalue weighted by molar-refractivity contribution is 9.10. The van der Waals surface area contributed by atoms with Crippen molar-refractivity contribution >= 4 is 15.9 Å². The van der Waals surface area contributed by atoms with Gasteiger partial charge in [0, 0.05) is 24.6 Å². The Morgan fingerprint density at radius 3 is 2.70 bits per heavy atom. The minimum Gasteiger partial charge on any atom is -0.324 e. The van der Waals surface area contributed by atoms with Crippen LogP contribution in [0.25, 0.3) is 0 Å². The van der Waals surface area contributed by atoms with Gasteiger partial charge in [-0.05, 0) is 48.3 Å². The first-order chi connectivity index (χ1) is 9.43. The first-order valence-electron chi connectivity index (χ1n) is 6.67. The number of hydrogen-bond acceptors (Lipinski definition) is 2. The quantitative estimate of drug-likeness (QED) is 0.923. The van der Waals surface area contributed by atoms with Crippen molar-refractivity contribution in [3.8, 4) is 0 Å². The summed E-state index contributed by atoms with van der Waals surface area (Å²) in [5.74, 6) is -0.243. The average molecular weight is 340 g/mol. The summed E-state index contributed by atoms with van der Waals surface area (Å²) in [4.78, 5) is 0. The van der Waals surface area contributed by atoms with Crippen LogP contribution in [0.1, 0.15) is 35.5 Å². The number of hydrogen-bond donors (Lipinski definition) is 1. The molecular weight excluding hydrogens is 321 g/mol. The van der Waals surface area contributed by atoms with Crippen LogP contribution in [0.3, 0.4) is 0 Å². The van der Waals surface area contributed by atoms with Crippen LogP contribution in [-0.4, -0.2) is 9.78 Å². The van der Waals surface area contributed by atoms with Crippen LogP contribution in [0.2, 0.25) is 0 Å². The summed E-state index contributed by atoms with van der Waals surface area (Å²) < 4.78 is 16.8. The van der Waals surface area contributed by atoms with Gasteiger partial charge in [0.1, 0.15) is 5.82 Å². The molecule has 108 valence electrons. The summed E-state index contributed by atoms with van der Waals surface area (Å²) >= 11 is 3.54. The molecular formula is C15H19BrFN3. The van der Waals surface area contributed by atoms with E-state index >= 15 is 0 Å². The van der Waals surface area contributed by atoms with Gasteiger partial charge < -0.3 is 5.73 Å². The molecule has 0 radical (unpaired) electrons. The van der Waals surface area contributed by atoms with Crippen molar-refractivity contribution in [1.82, 2.24) is 9.78 Å². The van der Waals surface area contributed by atoms with E-state index < -0.39 is 0 Å². The summed E-state index contributed by atoms with van der Waals surface area (Å²) in [5, 5.41) is 4.43. The highest BCUT2D eigenvalue weighted by Crippen LogP contribution is 2.26. The molecule has 1 heterocycles. The standard InChI is InChI=1S/C15H19BrFN3/c1-4-20-14(15(16)10(3)19-20)8-13(18)11-6-5-9(2)7-12(11)17/h5-7,13H,4,8,18H2,1-3H3. The Kier molecular flexibility index (Phi) is 4.60. The van der Waals surface area contributed by atoms with Crippen LogP contribution in [0.15, 0.2) is 22.7 Å². The van der Waals surface area contributed by atoms with E-state index in [0.717, 1.165) is 28.0 Å². The number of nitrogens with zero attached hydrogens (tertiary/aromatic N) is 2. The van der Waals surface area contributed by atoms with E-state index in [-0.39, 0.29) is 11.9 Å². The molecule has 0 fully saturated rings. The molecule has 1 aromatic heterocycles. The Hall–Kier alpha value is -1.20. The molecule has 0 aliphatic heterocycles. The minimum absolute atomic E-state index is 0.243. The zero-order valence-corrected chi connectivity index (χ0v) is 13.5. The maximum absolute atomic E-state index is 14.0. The highest BCUT2D eigenvalue weighted by Gasteiger charge is 2.18. The van der Waals surface area contributed by atoms with E-state index in [1.807, 2.05) is 31.5 Å². The normalized spacial score (nSPS) is 12.7. The lowest BCUT2D eigenvalue weighted by Gasteiger charge is -2.15. The topological polar surface area (TPSA) is 43.8 Å². The third-order valence-electron chi connectivity index (χ3n) is 3.42. The monoisotopic (exact) mass is 339 g/mol. The number of aryl methyl sites for hydroxylation is 3. The highest BCUT2D eigenvalue weighted by atomic mass is 79.9. The molecule has 0 aliphatic rings. The molecule has 2 rings (SSSR count). The van der Waals surface area contributed by atoms with Crippen molar-refractivity contribution in [2.75, 3.05) is 0 Å². The number of nitrogens with two attached hydrogens (primary N) is 1. The second-order valence-electron chi connectivity index (χ2n) is 5.00. The van der Waals surface area contributed by atoms with Gasteiger partial charge in [-0.15, -0.1) is 0 Å². The molecule has 2 N–H and O–H groups in total. The van der Waals surface area contributed by atoms with Gasteiger partial charge in [-0.25, -0.2) is 4.39 Å². The van der Waals surface area contributed by atoms with Crippen molar-refractivity contribution in [3.05, 3.63) is 51.0 Å². The van der Waals surface area contributed by atoms with E-state index in [9.17, 15) is 4.39 Å². The first kappa shape index (κ1) is 15.2. The molecule has 1 atom stereocenters. The smallest absolute Gasteiger partial charge is 0.128 e. The van der Waals surface area contributed by atoms with Gasteiger partial charge in [0.25, 0.3) is 0 Å². The largest absolute Gasteiger partial charge is 0.324 e. The molecule has 0 saturated heterocycles. The van der Waals surface area contributed by atoms with Crippen LogP contribution < -0.4 is 5.73 Å². The van der Waals surface area contributed by atoms with Crippen LogP contribution in [0, 0.1) is 19.7 Å². The van der Waals surface area contributed by atoms with Crippen molar-refractivity contribution < 1.29 is 4.39 Å². The molecule has 0 amide bonds. The Balaban J connectivity index is 2.30. The van der Waals surface area contributed by atoms with Crippen LogP contribution in [0.4, 0.5) is 4.39 Å². The molecule has 0 bridgehead atoms. The summed E-state index contributed by atoms with van der Waals surface area (Å²) in [5.41, 5.74) is 9.56. The lowest BCUT2D eigenvalue weighted by atomic mass is 10.0. The van der Waals surface area contributed by atoms with Crippen molar-refractivity contribution in [1.29, 1.82) is 0 Å². The molecule has 5 heteroatoms. The first-order valence-corrected chi connectivity index (χ1v) is 7.46. The molecule has 0 saturated carbocycles. The van der Waals surface area contributed by atoms with E-state index in [0.29, 0.717) is 12.0 Å². The molecule has 0 spiro atoms. The zero-order valence-electron chi connectivity index (χ0n) is 12.0. The van der Waals surface area contributed by atoms with Crippen LogP contribution >= 0.6 is 15.9 Å². The van der Waals surface area contributed by atoms with E-state index in [4.69, 9.17) is 5.73 Å². The third-order valence-corrected chi connectivity index (χ3v) is 4.45. The second kappa shape index (κ2) is 6.06. The van der Waals surface area contributed by atoms with E-state index in [1.165, 1.54) is 6.07 Å². The van der Waals surface area contributed by atoms with E-state index in [1.54, 1.807) is 6.07 Å². The third kappa shape index (κ3) is 2.94. The van der Waals surface area contributed by atoms with Crippen LogP contribution in [-0.2, 0) is 13.0 Å². The fourth-order valence-electron chi connectivity index (χ4n) is 2.32. The molecule has 3 nitrogen and oxygen atoms in total. The lowest BCUT2D eigenvalue weighted by Crippen LogP contribution is -2.17. The van der Waals surface area contributed by atoms with Gasteiger partial charge in [-0.1, -0.05) is 12.1 Å². The summed E-state index contributed by atoms with van der Waals surface area (Å²) in [6, 6.07) is 4.79. The van der Waals surface area contributed by atoms with Crippen molar-refractivity contribution in [2.24, 2.45) is 5.73 Å². The fourth-order valence-corrected chi connectivity index (χ4v) is 2.76. The van der Waals surface area contributed by atoms with Crippen molar-refractivity contribution in [3.63, 3.8) is 0 Å². The lowest BCUT2D eigenvalue weighted by molar-refractivity contribution is 0.554. The van der Waals surface area contributed by atoms with E-state index in [2.05, 4.69) is 21.0 Å². The minimum atomic E-state index is -0.381.